The van der Waals surface area contributed by atoms with Crippen LogP contribution in [0.3, 0.4) is 0 Å². The summed E-state index contributed by atoms with van der Waals surface area (Å²) in [6, 6.07) is 3.69. The second-order valence-electron chi connectivity index (χ2n) is 5.55. The molecule has 2 heterocycles. The Hall–Kier alpha value is -0.670. The molecule has 1 amide bonds. The molecule has 1 atom stereocenters. The number of carbonyl (C=O) groups excluding carboxylic acids is 1. The Morgan fingerprint density at radius 3 is 2.61 bits per heavy atom. The van der Waals surface area contributed by atoms with E-state index in [9.17, 15) is 13.2 Å². The van der Waals surface area contributed by atoms with Crippen LogP contribution in [-0.4, -0.2) is 51.6 Å². The number of methoxy groups -OCH3 is 1. The fourth-order valence-electron chi connectivity index (χ4n) is 2.59. The van der Waals surface area contributed by atoms with E-state index in [1.165, 1.54) is 21.9 Å². The van der Waals surface area contributed by atoms with E-state index in [0.717, 1.165) is 4.88 Å². The van der Waals surface area contributed by atoms with Crippen LogP contribution in [0.15, 0.2) is 12.1 Å². The Morgan fingerprint density at radius 2 is 2.13 bits per heavy atom. The molecule has 1 aliphatic heterocycles. The van der Waals surface area contributed by atoms with Crippen molar-refractivity contribution in [2.75, 3.05) is 33.0 Å². The fourth-order valence-corrected chi connectivity index (χ4v) is 4.60. The molecule has 0 aromatic carbocycles. The molecule has 0 bridgehead atoms. The van der Waals surface area contributed by atoms with Gasteiger partial charge in [0.2, 0.25) is 15.9 Å². The molecule has 1 aromatic heterocycles. The van der Waals surface area contributed by atoms with Gasteiger partial charge in [-0.1, -0.05) is 11.6 Å². The lowest BCUT2D eigenvalue weighted by molar-refractivity contribution is -0.126. The summed E-state index contributed by atoms with van der Waals surface area (Å²) in [4.78, 5) is 13.2. The van der Waals surface area contributed by atoms with Crippen molar-refractivity contribution in [3.8, 4) is 0 Å². The highest BCUT2D eigenvalue weighted by molar-refractivity contribution is 7.88. The minimum atomic E-state index is -3.17. The molecule has 0 radical (unpaired) electrons. The number of amides is 1. The van der Waals surface area contributed by atoms with Gasteiger partial charge >= 0.3 is 0 Å². The summed E-state index contributed by atoms with van der Waals surface area (Å²) in [5.74, 6) is -0.208. The van der Waals surface area contributed by atoms with Gasteiger partial charge in [-0.15, -0.1) is 11.3 Å². The maximum Gasteiger partial charge on any atom is 0.223 e. The standard InChI is InChI=1S/C14H21ClN2O4S2/c1-21-11(12-3-4-13(15)22-12)9-16-14(18)10-5-7-17(8-6-10)23(2,19)20/h3-4,10-11H,5-9H2,1-2H3,(H,16,18). The van der Waals surface area contributed by atoms with E-state index in [1.807, 2.05) is 6.07 Å². The molecule has 1 aliphatic rings. The summed E-state index contributed by atoms with van der Waals surface area (Å²) in [5, 5.41) is 2.90. The van der Waals surface area contributed by atoms with Crippen LogP contribution in [0.2, 0.25) is 4.34 Å². The number of sulfonamides is 1. The first-order chi connectivity index (χ1) is 10.8. The highest BCUT2D eigenvalue weighted by Gasteiger charge is 2.29. The zero-order chi connectivity index (χ0) is 17.0. The van der Waals surface area contributed by atoms with E-state index >= 15 is 0 Å². The Morgan fingerprint density at radius 1 is 1.48 bits per heavy atom. The first kappa shape index (κ1) is 18.7. The molecule has 1 saturated heterocycles. The number of nitrogens with zero attached hydrogens (tertiary/aromatic N) is 1. The average Bonchev–Trinajstić information content (AvgIpc) is 2.93. The summed E-state index contributed by atoms with van der Waals surface area (Å²) in [7, 11) is -1.58. The number of hydrogen-bond donors (Lipinski definition) is 1. The Balaban J connectivity index is 1.83. The summed E-state index contributed by atoms with van der Waals surface area (Å²) < 4.78 is 30.4. The van der Waals surface area contributed by atoms with Crippen LogP contribution in [0.5, 0.6) is 0 Å². The lowest BCUT2D eigenvalue weighted by Gasteiger charge is -2.29. The summed E-state index contributed by atoms with van der Waals surface area (Å²) >= 11 is 7.34. The molecule has 9 heteroatoms. The highest BCUT2D eigenvalue weighted by atomic mass is 35.5. The number of piperidine rings is 1. The Kier molecular flexibility index (Phi) is 6.44. The van der Waals surface area contributed by atoms with E-state index in [2.05, 4.69) is 5.32 Å². The van der Waals surface area contributed by atoms with E-state index in [0.29, 0.717) is 36.8 Å². The van der Waals surface area contributed by atoms with Gasteiger partial charge in [-0.2, -0.15) is 0 Å². The van der Waals surface area contributed by atoms with Gasteiger partial charge in [0.05, 0.1) is 10.6 Å². The van der Waals surface area contributed by atoms with Crippen molar-refractivity contribution >= 4 is 38.9 Å². The van der Waals surface area contributed by atoms with Crippen molar-refractivity contribution in [3.63, 3.8) is 0 Å². The molecule has 130 valence electrons. The van der Waals surface area contributed by atoms with Gasteiger partial charge in [0.1, 0.15) is 6.10 Å². The van der Waals surface area contributed by atoms with Crippen molar-refractivity contribution in [2.45, 2.75) is 18.9 Å². The first-order valence-corrected chi connectivity index (χ1v) is 10.4. The van der Waals surface area contributed by atoms with Gasteiger partial charge in [0, 0.05) is 37.5 Å². The van der Waals surface area contributed by atoms with Gasteiger partial charge in [-0.25, -0.2) is 12.7 Å². The average molecular weight is 381 g/mol. The topological polar surface area (TPSA) is 75.7 Å². The molecule has 1 unspecified atom stereocenters. The van der Waals surface area contributed by atoms with Crippen molar-refractivity contribution < 1.29 is 17.9 Å². The third kappa shape index (κ3) is 5.15. The van der Waals surface area contributed by atoms with Crippen LogP contribution in [0.1, 0.15) is 23.8 Å². The normalized spacial score (nSPS) is 18.7. The summed E-state index contributed by atoms with van der Waals surface area (Å²) in [6.45, 7) is 1.16. The molecular weight excluding hydrogens is 360 g/mol. The minimum Gasteiger partial charge on any atom is -0.374 e. The van der Waals surface area contributed by atoms with Gasteiger partial charge in [0.25, 0.3) is 0 Å². The molecule has 6 nitrogen and oxygen atoms in total. The second kappa shape index (κ2) is 7.94. The second-order valence-corrected chi connectivity index (χ2v) is 9.28. The number of rotatable bonds is 6. The molecule has 0 spiro atoms. The monoisotopic (exact) mass is 380 g/mol. The predicted molar refractivity (Wildman–Crippen MR) is 91.2 cm³/mol. The van der Waals surface area contributed by atoms with Crippen LogP contribution in [0.4, 0.5) is 0 Å². The molecule has 1 fully saturated rings. The van der Waals surface area contributed by atoms with E-state index in [4.69, 9.17) is 16.3 Å². The van der Waals surface area contributed by atoms with Crippen molar-refractivity contribution in [1.82, 2.24) is 9.62 Å². The van der Waals surface area contributed by atoms with Gasteiger partial charge in [0.15, 0.2) is 0 Å². The fraction of sp³-hybridized carbons (Fsp3) is 0.643. The molecule has 0 aliphatic carbocycles. The number of hydrogen-bond acceptors (Lipinski definition) is 5. The molecule has 1 N–H and O–H groups in total. The zero-order valence-corrected chi connectivity index (χ0v) is 15.5. The van der Waals surface area contributed by atoms with Gasteiger partial charge in [-0.3, -0.25) is 4.79 Å². The van der Waals surface area contributed by atoms with E-state index in [-0.39, 0.29) is 17.9 Å². The van der Waals surface area contributed by atoms with Crippen LogP contribution in [-0.2, 0) is 19.6 Å². The predicted octanol–water partition coefficient (Wildman–Crippen LogP) is 1.88. The van der Waals surface area contributed by atoms with Crippen LogP contribution < -0.4 is 5.32 Å². The van der Waals surface area contributed by atoms with E-state index < -0.39 is 10.0 Å². The van der Waals surface area contributed by atoms with Crippen LogP contribution in [0.25, 0.3) is 0 Å². The molecule has 23 heavy (non-hydrogen) atoms. The molecule has 1 aromatic rings. The Labute approximate surface area is 145 Å². The maximum atomic E-state index is 12.3. The first-order valence-electron chi connectivity index (χ1n) is 7.32. The third-order valence-corrected chi connectivity index (χ3v) is 6.58. The lowest BCUT2D eigenvalue weighted by Crippen LogP contribution is -2.43. The molecule has 2 rings (SSSR count). The van der Waals surface area contributed by atoms with Crippen molar-refractivity contribution in [1.29, 1.82) is 0 Å². The highest BCUT2D eigenvalue weighted by Crippen LogP contribution is 2.28. The smallest absolute Gasteiger partial charge is 0.223 e. The number of nitrogens with one attached hydrogen (secondary N) is 1. The number of ether oxygens (including phenoxy) is 1. The van der Waals surface area contributed by atoms with Crippen molar-refractivity contribution in [3.05, 3.63) is 21.3 Å². The lowest BCUT2D eigenvalue weighted by atomic mass is 9.97. The van der Waals surface area contributed by atoms with E-state index in [1.54, 1.807) is 13.2 Å². The van der Waals surface area contributed by atoms with Crippen molar-refractivity contribution in [2.24, 2.45) is 5.92 Å². The quantitative estimate of drug-likeness (QED) is 0.817. The Bertz CT molecular complexity index is 639. The molecular formula is C14H21ClN2O4S2. The van der Waals surface area contributed by atoms with Crippen LogP contribution >= 0.6 is 22.9 Å². The number of halogens is 1. The number of thiophene rings is 1. The van der Waals surface area contributed by atoms with Gasteiger partial charge < -0.3 is 10.1 Å². The van der Waals surface area contributed by atoms with Crippen LogP contribution in [0, 0.1) is 5.92 Å². The SMILES string of the molecule is COC(CNC(=O)C1CCN(S(C)(=O)=O)CC1)c1ccc(Cl)s1. The summed E-state index contributed by atoms with van der Waals surface area (Å²) in [6.07, 6.45) is 2.05. The number of carbonyl (C=O) groups is 1. The molecule has 0 saturated carbocycles. The maximum absolute atomic E-state index is 12.3. The zero-order valence-electron chi connectivity index (χ0n) is 13.1. The summed E-state index contributed by atoms with van der Waals surface area (Å²) in [5.41, 5.74) is 0. The van der Waals surface area contributed by atoms with Gasteiger partial charge in [-0.05, 0) is 25.0 Å². The largest absolute Gasteiger partial charge is 0.374 e. The third-order valence-electron chi connectivity index (χ3n) is 3.95. The minimum absolute atomic E-state index is 0.0529.